The van der Waals surface area contributed by atoms with Crippen LogP contribution in [0.15, 0.2) is 18.2 Å². The van der Waals surface area contributed by atoms with Crippen LogP contribution in [-0.2, 0) is 4.79 Å². The maximum atomic E-state index is 12.0. The molecule has 0 saturated carbocycles. The molecule has 1 aromatic carbocycles. The van der Waals surface area contributed by atoms with Gasteiger partial charge in [0.15, 0.2) is 0 Å². The van der Waals surface area contributed by atoms with Gasteiger partial charge in [-0.15, -0.1) is 0 Å². The van der Waals surface area contributed by atoms with E-state index >= 15 is 0 Å². The van der Waals surface area contributed by atoms with E-state index in [-0.39, 0.29) is 5.75 Å². The lowest BCUT2D eigenvalue weighted by atomic mass is 9.89. The molecule has 3 N–H and O–H groups in total. The highest BCUT2D eigenvalue weighted by Crippen LogP contribution is 2.25. The zero-order chi connectivity index (χ0) is 16.2. The number of carboxylic acids is 2. The summed E-state index contributed by atoms with van der Waals surface area (Å²) in [6, 6.07) is 3.22. The maximum absolute atomic E-state index is 12.0. The van der Waals surface area contributed by atoms with Crippen LogP contribution in [0.1, 0.15) is 41.0 Å². The van der Waals surface area contributed by atoms with E-state index in [1.54, 1.807) is 6.92 Å². The number of rotatable bonds is 6. The number of aliphatic hydroxyl groups excluding tert-OH is 1. The first-order valence-electron chi connectivity index (χ1n) is 6.19. The van der Waals surface area contributed by atoms with E-state index in [0.29, 0.717) is 6.42 Å². The number of hydrogen-bond acceptors (Lipinski definition) is 5. The Morgan fingerprint density at radius 2 is 1.71 bits per heavy atom. The van der Waals surface area contributed by atoms with Crippen LogP contribution in [-0.4, -0.2) is 39.8 Å². The Kier molecular flexibility index (Phi) is 5.04. The van der Waals surface area contributed by atoms with Gasteiger partial charge in [0.05, 0.1) is 23.1 Å². The first-order chi connectivity index (χ1) is 9.75. The summed E-state index contributed by atoms with van der Waals surface area (Å²) in [6.45, 7) is 2.80. The zero-order valence-corrected chi connectivity index (χ0v) is 11.6. The highest BCUT2D eigenvalue weighted by atomic mass is 16.5. The summed E-state index contributed by atoms with van der Waals surface area (Å²) in [6.07, 6.45) is 0.335. The summed E-state index contributed by atoms with van der Waals surface area (Å²) in [5, 5.41) is 27.1. The third-order valence-corrected chi connectivity index (χ3v) is 3.28. The van der Waals surface area contributed by atoms with Gasteiger partial charge in [-0.25, -0.2) is 9.59 Å². The molecule has 1 aromatic rings. The number of carbonyl (C=O) groups is 3. The summed E-state index contributed by atoms with van der Waals surface area (Å²) in [5.41, 5.74) is -1.98. The molecule has 1 rings (SSSR count). The normalized spacial score (nSPS) is 13.3. The monoisotopic (exact) mass is 296 g/mol. The van der Waals surface area contributed by atoms with Crippen LogP contribution >= 0.6 is 0 Å². The van der Waals surface area contributed by atoms with E-state index in [4.69, 9.17) is 14.9 Å². The van der Waals surface area contributed by atoms with Crippen molar-refractivity contribution in [1.82, 2.24) is 0 Å². The average molecular weight is 296 g/mol. The minimum Gasteiger partial charge on any atom is -0.478 e. The molecule has 21 heavy (non-hydrogen) atoms. The molecular formula is C14H16O7. The van der Waals surface area contributed by atoms with Crippen molar-refractivity contribution in [2.45, 2.75) is 20.3 Å². The maximum Gasteiger partial charge on any atom is 0.336 e. The van der Waals surface area contributed by atoms with Gasteiger partial charge in [-0.2, -0.15) is 0 Å². The number of aromatic carboxylic acids is 2. The van der Waals surface area contributed by atoms with Crippen LogP contribution in [0, 0.1) is 5.41 Å². The Bertz CT molecular complexity index is 573. The number of esters is 1. The van der Waals surface area contributed by atoms with Crippen LogP contribution < -0.4 is 4.74 Å². The second-order valence-electron chi connectivity index (χ2n) is 4.78. The number of aliphatic hydroxyl groups is 1. The number of carbonyl (C=O) groups excluding carboxylic acids is 1. The molecule has 1 unspecified atom stereocenters. The number of ether oxygens (including phenoxy) is 1. The molecule has 0 fully saturated rings. The first-order valence-corrected chi connectivity index (χ1v) is 6.19. The van der Waals surface area contributed by atoms with Gasteiger partial charge in [-0.05, 0) is 31.5 Å². The molecular weight excluding hydrogens is 280 g/mol. The quantitative estimate of drug-likeness (QED) is 0.535. The summed E-state index contributed by atoms with van der Waals surface area (Å²) < 4.78 is 5.03. The van der Waals surface area contributed by atoms with Gasteiger partial charge in [0, 0.05) is 0 Å². The minimum absolute atomic E-state index is 0.0875. The standard InChI is InChI=1S/C14H16O7/c1-3-14(2,7-15)13(20)21-8-4-5-9(11(16)17)10(6-8)12(18)19/h4-6,15H,3,7H2,1-2H3,(H,16,17)(H,18,19). The van der Waals surface area contributed by atoms with Crippen LogP contribution in [0.3, 0.4) is 0 Å². The van der Waals surface area contributed by atoms with E-state index < -0.39 is 41.1 Å². The fourth-order valence-electron chi connectivity index (χ4n) is 1.50. The van der Waals surface area contributed by atoms with Gasteiger partial charge in [0.25, 0.3) is 0 Å². The van der Waals surface area contributed by atoms with Crippen molar-refractivity contribution < 1.29 is 34.4 Å². The molecule has 0 spiro atoms. The Hall–Kier alpha value is -2.41. The van der Waals surface area contributed by atoms with Crippen molar-refractivity contribution in [3.63, 3.8) is 0 Å². The fraction of sp³-hybridized carbons (Fsp3) is 0.357. The molecule has 0 heterocycles. The van der Waals surface area contributed by atoms with Crippen molar-refractivity contribution in [3.05, 3.63) is 29.3 Å². The van der Waals surface area contributed by atoms with Gasteiger partial charge < -0.3 is 20.1 Å². The number of hydrogen-bond donors (Lipinski definition) is 3. The molecule has 0 aliphatic rings. The lowest BCUT2D eigenvalue weighted by molar-refractivity contribution is -0.147. The largest absolute Gasteiger partial charge is 0.478 e. The van der Waals surface area contributed by atoms with E-state index in [0.717, 1.165) is 12.1 Å². The van der Waals surface area contributed by atoms with Crippen molar-refractivity contribution >= 4 is 17.9 Å². The van der Waals surface area contributed by atoms with Crippen LogP contribution in [0.25, 0.3) is 0 Å². The summed E-state index contributed by atoms with van der Waals surface area (Å²) in [4.78, 5) is 33.9. The van der Waals surface area contributed by atoms with Crippen LogP contribution in [0.2, 0.25) is 0 Å². The number of carboxylic acid groups (broad SMARTS) is 2. The van der Waals surface area contributed by atoms with Crippen molar-refractivity contribution in [2.75, 3.05) is 6.61 Å². The summed E-state index contributed by atoms with van der Waals surface area (Å²) in [7, 11) is 0. The molecule has 0 radical (unpaired) electrons. The predicted octanol–water partition coefficient (Wildman–Crippen LogP) is 1.40. The van der Waals surface area contributed by atoms with Gasteiger partial charge in [-0.3, -0.25) is 4.79 Å². The molecule has 0 bridgehead atoms. The topological polar surface area (TPSA) is 121 Å². The molecule has 7 heteroatoms. The highest BCUT2D eigenvalue weighted by molar-refractivity contribution is 6.02. The summed E-state index contributed by atoms with van der Waals surface area (Å²) >= 11 is 0. The Labute approximate surface area is 120 Å². The van der Waals surface area contributed by atoms with Crippen LogP contribution in [0.5, 0.6) is 5.75 Å². The second kappa shape index (κ2) is 6.36. The van der Waals surface area contributed by atoms with E-state index in [2.05, 4.69) is 0 Å². The molecule has 0 aliphatic heterocycles. The molecule has 7 nitrogen and oxygen atoms in total. The highest BCUT2D eigenvalue weighted by Gasteiger charge is 2.33. The van der Waals surface area contributed by atoms with Crippen molar-refractivity contribution in [1.29, 1.82) is 0 Å². The predicted molar refractivity (Wildman–Crippen MR) is 71.5 cm³/mol. The van der Waals surface area contributed by atoms with Gasteiger partial charge in [0.2, 0.25) is 0 Å². The third-order valence-electron chi connectivity index (χ3n) is 3.28. The second-order valence-corrected chi connectivity index (χ2v) is 4.78. The Morgan fingerprint density at radius 1 is 1.14 bits per heavy atom. The van der Waals surface area contributed by atoms with Crippen LogP contribution in [0.4, 0.5) is 0 Å². The lowest BCUT2D eigenvalue weighted by Crippen LogP contribution is -2.34. The van der Waals surface area contributed by atoms with Gasteiger partial charge in [-0.1, -0.05) is 6.92 Å². The smallest absolute Gasteiger partial charge is 0.336 e. The molecule has 0 saturated heterocycles. The minimum atomic E-state index is -1.44. The summed E-state index contributed by atoms with van der Waals surface area (Å²) in [5.74, 6) is -3.63. The third kappa shape index (κ3) is 3.57. The van der Waals surface area contributed by atoms with E-state index in [1.165, 1.54) is 13.0 Å². The molecule has 1 atom stereocenters. The molecule has 114 valence electrons. The molecule has 0 amide bonds. The van der Waals surface area contributed by atoms with E-state index in [9.17, 15) is 19.5 Å². The molecule has 0 aromatic heterocycles. The van der Waals surface area contributed by atoms with Gasteiger partial charge in [0.1, 0.15) is 5.75 Å². The molecule has 0 aliphatic carbocycles. The zero-order valence-electron chi connectivity index (χ0n) is 11.6. The Balaban J connectivity index is 3.11. The number of benzene rings is 1. The van der Waals surface area contributed by atoms with Gasteiger partial charge >= 0.3 is 17.9 Å². The average Bonchev–Trinajstić information content (AvgIpc) is 2.45. The Morgan fingerprint density at radius 3 is 2.14 bits per heavy atom. The van der Waals surface area contributed by atoms with E-state index in [1.807, 2.05) is 0 Å². The first kappa shape index (κ1) is 16.6. The fourth-order valence-corrected chi connectivity index (χ4v) is 1.50. The van der Waals surface area contributed by atoms with Crippen molar-refractivity contribution in [2.24, 2.45) is 5.41 Å². The lowest BCUT2D eigenvalue weighted by Gasteiger charge is -2.23. The SMILES string of the molecule is CCC(C)(CO)C(=O)Oc1ccc(C(=O)O)c(C(=O)O)c1. The van der Waals surface area contributed by atoms with Crippen molar-refractivity contribution in [3.8, 4) is 5.75 Å².